The fraction of sp³-hybridized carbons (Fsp3) is 0.368. The van der Waals surface area contributed by atoms with E-state index in [4.69, 9.17) is 5.73 Å². The summed E-state index contributed by atoms with van der Waals surface area (Å²) in [6.45, 7) is 1.46. The van der Waals surface area contributed by atoms with Crippen molar-refractivity contribution in [3.8, 4) is 0 Å². The number of sulfonamides is 1. The lowest BCUT2D eigenvalue weighted by atomic mass is 9.86. The van der Waals surface area contributed by atoms with Crippen molar-refractivity contribution in [2.45, 2.75) is 36.2 Å². The van der Waals surface area contributed by atoms with Gasteiger partial charge in [0.15, 0.2) is 5.69 Å². The summed E-state index contributed by atoms with van der Waals surface area (Å²) < 4.78 is 78.3. The summed E-state index contributed by atoms with van der Waals surface area (Å²) in [7, 11) is -2.66. The Bertz CT molecular complexity index is 1280. The van der Waals surface area contributed by atoms with Crippen molar-refractivity contribution >= 4 is 27.6 Å². The lowest BCUT2D eigenvalue weighted by Gasteiger charge is -2.42. The van der Waals surface area contributed by atoms with Gasteiger partial charge in [0.05, 0.1) is 12.4 Å². The number of hydrogen-bond acceptors (Lipinski definition) is 7. The lowest BCUT2D eigenvalue weighted by Crippen LogP contribution is -2.58. The van der Waals surface area contributed by atoms with Gasteiger partial charge in [-0.3, -0.25) is 4.79 Å². The monoisotopic (exact) mass is 486 g/mol. The molecule has 33 heavy (non-hydrogen) atoms. The van der Waals surface area contributed by atoms with Crippen molar-refractivity contribution in [2.75, 3.05) is 12.4 Å². The highest BCUT2D eigenvalue weighted by Gasteiger charge is 2.70. The molecule has 14 heteroatoms. The standard InChI is InChI=1S/C19H18F4N6O3S/c1-17(18(5-6-18)33(31,32)29(2)16(24)28-17)11-7-10(3-4-12(11)20)27-15(30)13-8-26-14(9-25-13)19(21,22)23/h3-4,7-9H,5-6H2,1-2H3,(H2,24,28)(H,27,30). The fourth-order valence-electron chi connectivity index (χ4n) is 3.96. The third-order valence-corrected chi connectivity index (χ3v) is 8.73. The van der Waals surface area contributed by atoms with E-state index in [-0.39, 0.29) is 30.1 Å². The van der Waals surface area contributed by atoms with Gasteiger partial charge in [-0.15, -0.1) is 0 Å². The van der Waals surface area contributed by atoms with E-state index in [1.807, 2.05) is 0 Å². The van der Waals surface area contributed by atoms with Crippen LogP contribution in [0.2, 0.25) is 0 Å². The minimum Gasteiger partial charge on any atom is -0.369 e. The Morgan fingerprint density at radius 3 is 2.42 bits per heavy atom. The number of nitrogens with two attached hydrogens (primary N) is 1. The summed E-state index contributed by atoms with van der Waals surface area (Å²) in [5.74, 6) is -1.95. The van der Waals surface area contributed by atoms with Gasteiger partial charge in [0.1, 0.15) is 21.8 Å². The molecule has 1 unspecified atom stereocenters. The third kappa shape index (κ3) is 3.39. The number of guanidine groups is 1. The van der Waals surface area contributed by atoms with E-state index in [2.05, 4.69) is 20.3 Å². The van der Waals surface area contributed by atoms with Crippen LogP contribution in [0.1, 0.15) is 41.5 Å². The zero-order valence-electron chi connectivity index (χ0n) is 17.3. The molecule has 1 aliphatic carbocycles. The summed E-state index contributed by atoms with van der Waals surface area (Å²) in [6.07, 6.45) is -3.14. The molecule has 1 aromatic heterocycles. The molecule has 1 aliphatic heterocycles. The number of benzene rings is 1. The maximum atomic E-state index is 14.9. The first-order valence-electron chi connectivity index (χ1n) is 9.57. The van der Waals surface area contributed by atoms with Gasteiger partial charge in [0, 0.05) is 18.3 Å². The molecule has 2 aliphatic rings. The number of anilines is 1. The number of rotatable bonds is 3. The molecule has 2 aromatic rings. The third-order valence-electron chi connectivity index (χ3n) is 6.03. The van der Waals surface area contributed by atoms with Crippen molar-refractivity contribution in [2.24, 2.45) is 10.7 Å². The molecule has 1 saturated carbocycles. The number of alkyl halides is 3. The minimum atomic E-state index is -4.71. The number of nitrogens with one attached hydrogen (secondary N) is 1. The van der Waals surface area contributed by atoms with Gasteiger partial charge in [-0.25, -0.2) is 32.1 Å². The quantitative estimate of drug-likeness (QED) is 0.640. The Morgan fingerprint density at radius 1 is 1.21 bits per heavy atom. The summed E-state index contributed by atoms with van der Waals surface area (Å²) in [5.41, 5.74) is 2.54. The molecule has 2 heterocycles. The second-order valence-electron chi connectivity index (χ2n) is 7.94. The maximum absolute atomic E-state index is 14.9. The Kier molecular flexibility index (Phi) is 4.93. The van der Waals surface area contributed by atoms with Crippen molar-refractivity contribution in [3.63, 3.8) is 0 Å². The summed E-state index contributed by atoms with van der Waals surface area (Å²) >= 11 is 0. The van der Waals surface area contributed by atoms with Gasteiger partial charge < -0.3 is 11.1 Å². The van der Waals surface area contributed by atoms with Gasteiger partial charge in [-0.2, -0.15) is 13.2 Å². The number of nitrogens with zero attached hydrogens (tertiary/aromatic N) is 4. The first-order chi connectivity index (χ1) is 15.2. The second-order valence-corrected chi connectivity index (χ2v) is 10.2. The van der Waals surface area contributed by atoms with Crippen LogP contribution in [0, 0.1) is 5.82 Å². The highest BCUT2D eigenvalue weighted by molar-refractivity contribution is 7.91. The largest absolute Gasteiger partial charge is 0.434 e. The highest BCUT2D eigenvalue weighted by atomic mass is 32.2. The van der Waals surface area contributed by atoms with E-state index in [1.54, 1.807) is 0 Å². The van der Waals surface area contributed by atoms with Crippen LogP contribution in [0.5, 0.6) is 0 Å². The molecule has 1 spiro atoms. The van der Waals surface area contributed by atoms with Gasteiger partial charge in [0.2, 0.25) is 16.0 Å². The smallest absolute Gasteiger partial charge is 0.369 e. The average molecular weight is 486 g/mol. The molecule has 4 rings (SSSR count). The molecule has 0 radical (unpaired) electrons. The average Bonchev–Trinajstić information content (AvgIpc) is 3.56. The molecule has 1 atom stereocenters. The van der Waals surface area contributed by atoms with Crippen LogP contribution < -0.4 is 11.1 Å². The van der Waals surface area contributed by atoms with E-state index >= 15 is 0 Å². The minimum absolute atomic E-state index is 0.0558. The van der Waals surface area contributed by atoms with Crippen molar-refractivity contribution in [1.29, 1.82) is 0 Å². The molecule has 1 aromatic carbocycles. The SMILES string of the molecule is CN1C(N)=NC(C)(c2cc(NC(=O)c3cnc(C(F)(F)F)cn3)ccc2F)C2(CC2)S1(=O)=O. The van der Waals surface area contributed by atoms with Crippen molar-refractivity contribution in [3.05, 3.63) is 53.4 Å². The van der Waals surface area contributed by atoms with E-state index in [0.717, 1.165) is 10.4 Å². The molecule has 0 bridgehead atoms. The Hall–Kier alpha value is -3.29. The number of hydrogen-bond donors (Lipinski definition) is 2. The molecular formula is C19H18F4N6O3S. The van der Waals surface area contributed by atoms with Crippen LogP contribution in [-0.4, -0.2) is 46.4 Å². The van der Waals surface area contributed by atoms with E-state index in [0.29, 0.717) is 12.4 Å². The van der Waals surface area contributed by atoms with Gasteiger partial charge in [-0.05, 0) is 38.0 Å². The van der Waals surface area contributed by atoms with Crippen LogP contribution >= 0.6 is 0 Å². The highest BCUT2D eigenvalue weighted by Crippen LogP contribution is 2.60. The predicted octanol–water partition coefficient (Wildman–Crippen LogP) is 2.22. The summed E-state index contributed by atoms with van der Waals surface area (Å²) in [6, 6.07) is 3.47. The number of amides is 1. The maximum Gasteiger partial charge on any atom is 0.434 e. The van der Waals surface area contributed by atoms with Crippen LogP contribution in [0.3, 0.4) is 0 Å². The molecule has 9 nitrogen and oxygen atoms in total. The van der Waals surface area contributed by atoms with Crippen LogP contribution in [0.4, 0.5) is 23.2 Å². The van der Waals surface area contributed by atoms with Gasteiger partial charge in [-0.1, -0.05) is 0 Å². The molecule has 176 valence electrons. The lowest BCUT2D eigenvalue weighted by molar-refractivity contribution is -0.141. The molecule has 1 fully saturated rings. The Labute approximate surface area is 185 Å². The fourth-order valence-corrected chi connectivity index (χ4v) is 6.05. The van der Waals surface area contributed by atoms with Gasteiger partial charge >= 0.3 is 6.18 Å². The van der Waals surface area contributed by atoms with Crippen molar-refractivity contribution in [1.82, 2.24) is 14.3 Å². The topological polar surface area (TPSA) is 131 Å². The molecule has 1 amide bonds. The van der Waals surface area contributed by atoms with Crippen LogP contribution in [-0.2, 0) is 21.7 Å². The normalized spacial score (nSPS) is 23.2. The molecular weight excluding hydrogens is 468 g/mol. The second kappa shape index (κ2) is 7.10. The molecule has 3 N–H and O–H groups in total. The zero-order valence-corrected chi connectivity index (χ0v) is 18.1. The van der Waals surface area contributed by atoms with E-state index in [1.165, 1.54) is 26.1 Å². The summed E-state index contributed by atoms with van der Waals surface area (Å²) in [4.78, 5) is 23.4. The zero-order chi connectivity index (χ0) is 24.4. The van der Waals surface area contributed by atoms with E-state index in [9.17, 15) is 30.8 Å². The van der Waals surface area contributed by atoms with Gasteiger partial charge in [0.25, 0.3) is 5.91 Å². The predicted molar refractivity (Wildman–Crippen MR) is 109 cm³/mol. The number of halogens is 4. The number of carbonyl (C=O) groups excluding carboxylic acids is 1. The Balaban J connectivity index is 1.69. The summed E-state index contributed by atoms with van der Waals surface area (Å²) in [5, 5.41) is 2.40. The van der Waals surface area contributed by atoms with Crippen LogP contribution in [0.15, 0.2) is 35.6 Å². The Morgan fingerprint density at radius 2 is 1.88 bits per heavy atom. The van der Waals surface area contributed by atoms with Crippen LogP contribution in [0.25, 0.3) is 0 Å². The van der Waals surface area contributed by atoms with E-state index < -0.39 is 49.6 Å². The first-order valence-corrected chi connectivity index (χ1v) is 11.0. The number of carbonyl (C=O) groups is 1. The number of aliphatic imine (C=N–C) groups is 1. The van der Waals surface area contributed by atoms with Crippen molar-refractivity contribution < 1.29 is 30.8 Å². The number of aromatic nitrogens is 2. The molecule has 0 saturated heterocycles. The first kappa shape index (κ1) is 22.9.